The normalized spacial score (nSPS) is 11.2. The lowest BCUT2D eigenvalue weighted by atomic mass is 10.2. The number of pyridine rings is 1. The van der Waals surface area contributed by atoms with E-state index in [1.807, 2.05) is 19.1 Å². The fraction of sp³-hybridized carbons (Fsp3) is 0.118. The van der Waals surface area contributed by atoms with Crippen LogP contribution in [0.1, 0.15) is 5.69 Å². The molecular formula is C17H15N3O3S. The smallest absolute Gasteiger partial charge is 0.223 e. The molecule has 0 aliphatic carbocycles. The van der Waals surface area contributed by atoms with Gasteiger partial charge in [-0.05, 0) is 43.3 Å². The first-order valence-corrected chi connectivity index (χ1v) is 9.05. The van der Waals surface area contributed by atoms with Crippen LogP contribution in [0.4, 0.5) is 0 Å². The number of hydrogen-bond acceptors (Lipinski definition) is 6. The second kappa shape index (κ2) is 6.37. The zero-order valence-corrected chi connectivity index (χ0v) is 14.0. The number of benzene rings is 1. The number of nitrogens with zero attached hydrogens (tertiary/aromatic N) is 3. The Morgan fingerprint density at radius 3 is 2.25 bits per heavy atom. The van der Waals surface area contributed by atoms with Gasteiger partial charge in [0.05, 0.1) is 4.90 Å². The van der Waals surface area contributed by atoms with Gasteiger partial charge in [0.15, 0.2) is 15.7 Å². The van der Waals surface area contributed by atoms with Crippen molar-refractivity contribution < 1.29 is 13.2 Å². The van der Waals surface area contributed by atoms with Crippen molar-refractivity contribution in [2.45, 2.75) is 11.8 Å². The molecule has 0 aliphatic heterocycles. The molecule has 0 N–H and O–H groups in total. The van der Waals surface area contributed by atoms with Gasteiger partial charge in [-0.25, -0.2) is 13.4 Å². The average Bonchev–Trinajstić information content (AvgIpc) is 2.55. The standard InChI is InChI=1S/C17H15N3O3S/c1-12-11-16(20-17(19-12)13-7-9-18-10-8-13)23-14-3-5-15(6-4-14)24(2,21)22/h3-11H,1-2H3. The Hall–Kier alpha value is -2.80. The molecule has 7 heteroatoms. The summed E-state index contributed by atoms with van der Waals surface area (Å²) in [4.78, 5) is 13.0. The molecule has 6 nitrogen and oxygen atoms in total. The van der Waals surface area contributed by atoms with E-state index in [4.69, 9.17) is 4.74 Å². The summed E-state index contributed by atoms with van der Waals surface area (Å²) in [5.74, 6) is 1.43. The molecule has 3 rings (SSSR count). The lowest BCUT2D eigenvalue weighted by Gasteiger charge is -2.08. The summed E-state index contributed by atoms with van der Waals surface area (Å²) in [5, 5.41) is 0. The largest absolute Gasteiger partial charge is 0.439 e. The molecule has 0 amide bonds. The summed E-state index contributed by atoms with van der Waals surface area (Å²) in [6, 6.07) is 11.6. The molecule has 0 radical (unpaired) electrons. The average molecular weight is 341 g/mol. The molecule has 122 valence electrons. The second-order valence-corrected chi connectivity index (χ2v) is 7.27. The van der Waals surface area contributed by atoms with E-state index in [1.165, 1.54) is 12.1 Å². The van der Waals surface area contributed by atoms with E-state index in [1.54, 1.807) is 30.6 Å². The monoisotopic (exact) mass is 341 g/mol. The fourth-order valence-electron chi connectivity index (χ4n) is 2.10. The first-order chi connectivity index (χ1) is 11.4. The van der Waals surface area contributed by atoms with Crippen molar-refractivity contribution in [2.24, 2.45) is 0 Å². The molecule has 0 saturated heterocycles. The Bertz CT molecular complexity index is 956. The highest BCUT2D eigenvalue weighted by Gasteiger charge is 2.09. The molecule has 2 aromatic heterocycles. The number of hydrogen-bond donors (Lipinski definition) is 0. The molecule has 0 unspecified atom stereocenters. The highest BCUT2D eigenvalue weighted by molar-refractivity contribution is 7.90. The van der Waals surface area contributed by atoms with Crippen molar-refractivity contribution in [3.8, 4) is 23.0 Å². The van der Waals surface area contributed by atoms with E-state index in [0.29, 0.717) is 17.5 Å². The van der Waals surface area contributed by atoms with Crippen LogP contribution in [0.15, 0.2) is 59.8 Å². The summed E-state index contributed by atoms with van der Waals surface area (Å²) in [6.07, 6.45) is 4.51. The Labute approximate surface area is 140 Å². The third kappa shape index (κ3) is 3.75. The van der Waals surface area contributed by atoms with Gasteiger partial charge < -0.3 is 4.74 Å². The van der Waals surface area contributed by atoms with Crippen LogP contribution in [0.3, 0.4) is 0 Å². The molecule has 1 aromatic carbocycles. The van der Waals surface area contributed by atoms with Crippen molar-refractivity contribution >= 4 is 9.84 Å². The van der Waals surface area contributed by atoms with Gasteiger partial charge in [0.25, 0.3) is 0 Å². The number of sulfone groups is 1. The molecule has 0 spiro atoms. The van der Waals surface area contributed by atoms with Gasteiger partial charge in [-0.3, -0.25) is 4.98 Å². The topological polar surface area (TPSA) is 82.0 Å². The fourth-order valence-corrected chi connectivity index (χ4v) is 2.73. The minimum absolute atomic E-state index is 0.242. The molecule has 0 aliphatic rings. The highest BCUT2D eigenvalue weighted by atomic mass is 32.2. The first kappa shape index (κ1) is 16.1. The van der Waals surface area contributed by atoms with Crippen molar-refractivity contribution in [2.75, 3.05) is 6.26 Å². The van der Waals surface area contributed by atoms with Crippen molar-refractivity contribution in [3.63, 3.8) is 0 Å². The van der Waals surface area contributed by atoms with E-state index in [-0.39, 0.29) is 4.90 Å². The number of rotatable bonds is 4. The van der Waals surface area contributed by atoms with Crippen LogP contribution in [-0.2, 0) is 9.84 Å². The lowest BCUT2D eigenvalue weighted by molar-refractivity contribution is 0.461. The molecule has 0 bridgehead atoms. The van der Waals surface area contributed by atoms with Crippen molar-refractivity contribution in [3.05, 3.63) is 60.6 Å². The van der Waals surface area contributed by atoms with Gasteiger partial charge in [0.2, 0.25) is 5.88 Å². The summed E-state index contributed by atoms with van der Waals surface area (Å²) in [5.41, 5.74) is 1.60. The number of aromatic nitrogens is 3. The number of aryl methyl sites for hydroxylation is 1. The third-order valence-electron chi connectivity index (χ3n) is 3.24. The van der Waals surface area contributed by atoms with Crippen LogP contribution in [0, 0.1) is 6.92 Å². The molecule has 24 heavy (non-hydrogen) atoms. The van der Waals surface area contributed by atoms with E-state index in [9.17, 15) is 8.42 Å². The van der Waals surface area contributed by atoms with Crippen molar-refractivity contribution in [1.82, 2.24) is 15.0 Å². The highest BCUT2D eigenvalue weighted by Crippen LogP contribution is 2.24. The molecule has 3 aromatic rings. The van der Waals surface area contributed by atoms with Crippen LogP contribution >= 0.6 is 0 Å². The predicted octanol–water partition coefficient (Wildman–Crippen LogP) is 3.04. The quantitative estimate of drug-likeness (QED) is 0.725. The molecule has 0 saturated carbocycles. The Kier molecular flexibility index (Phi) is 4.26. The van der Waals surface area contributed by atoms with Gasteiger partial charge in [-0.2, -0.15) is 4.98 Å². The summed E-state index contributed by atoms with van der Waals surface area (Å²) in [7, 11) is -3.23. The third-order valence-corrected chi connectivity index (χ3v) is 4.37. The maximum absolute atomic E-state index is 11.5. The zero-order valence-electron chi connectivity index (χ0n) is 13.2. The summed E-state index contributed by atoms with van der Waals surface area (Å²) in [6.45, 7) is 1.85. The predicted molar refractivity (Wildman–Crippen MR) is 89.6 cm³/mol. The SMILES string of the molecule is Cc1cc(Oc2ccc(S(C)(=O)=O)cc2)nc(-c2ccncc2)n1. The zero-order chi connectivity index (χ0) is 17.2. The van der Waals surface area contributed by atoms with Gasteiger partial charge in [-0.15, -0.1) is 0 Å². The Morgan fingerprint density at radius 2 is 1.62 bits per heavy atom. The van der Waals surface area contributed by atoms with E-state index >= 15 is 0 Å². The molecular weight excluding hydrogens is 326 g/mol. The van der Waals surface area contributed by atoms with Crippen molar-refractivity contribution in [1.29, 1.82) is 0 Å². The van der Waals surface area contributed by atoms with Crippen LogP contribution in [0.25, 0.3) is 11.4 Å². The van der Waals surface area contributed by atoms with E-state index in [2.05, 4.69) is 15.0 Å². The molecule has 0 atom stereocenters. The van der Waals surface area contributed by atoms with Gasteiger partial charge in [0, 0.05) is 36.0 Å². The van der Waals surface area contributed by atoms with Crippen LogP contribution < -0.4 is 4.74 Å². The lowest BCUT2D eigenvalue weighted by Crippen LogP contribution is -1.98. The van der Waals surface area contributed by atoms with Gasteiger partial charge in [0.1, 0.15) is 5.75 Å². The summed E-state index contributed by atoms with van der Waals surface area (Å²) >= 11 is 0. The minimum atomic E-state index is -3.23. The molecule has 2 heterocycles. The van der Waals surface area contributed by atoms with Crippen LogP contribution in [-0.4, -0.2) is 29.6 Å². The van der Waals surface area contributed by atoms with E-state index in [0.717, 1.165) is 17.5 Å². The van der Waals surface area contributed by atoms with Gasteiger partial charge >= 0.3 is 0 Å². The minimum Gasteiger partial charge on any atom is -0.439 e. The van der Waals surface area contributed by atoms with Crippen LogP contribution in [0.5, 0.6) is 11.6 Å². The maximum atomic E-state index is 11.5. The summed E-state index contributed by atoms with van der Waals surface area (Å²) < 4.78 is 28.7. The van der Waals surface area contributed by atoms with Gasteiger partial charge in [-0.1, -0.05) is 0 Å². The molecule has 0 fully saturated rings. The Balaban J connectivity index is 1.89. The van der Waals surface area contributed by atoms with E-state index < -0.39 is 9.84 Å². The Morgan fingerprint density at radius 1 is 0.958 bits per heavy atom. The maximum Gasteiger partial charge on any atom is 0.223 e. The van der Waals surface area contributed by atoms with Crippen LogP contribution in [0.2, 0.25) is 0 Å². The first-order valence-electron chi connectivity index (χ1n) is 7.16. The number of ether oxygens (including phenoxy) is 1. The second-order valence-electron chi connectivity index (χ2n) is 5.25.